The lowest BCUT2D eigenvalue weighted by molar-refractivity contribution is -0.201. The van der Waals surface area contributed by atoms with Gasteiger partial charge in [0.1, 0.15) is 6.10 Å². The van der Waals surface area contributed by atoms with Gasteiger partial charge in [-0.25, -0.2) is 0 Å². The SMILES string of the molecule is COc1ccc2c3c1O[C@H]1[C@H](N(CC(C)C)C(=O)C=Cc4ccccc4)CC[C@@]4(O)[C@@H](C2)N(CC2CC2)CC[C@]314. The second-order valence-corrected chi connectivity index (χ2v) is 13.2. The highest BCUT2D eigenvalue weighted by Gasteiger charge is 2.73. The summed E-state index contributed by atoms with van der Waals surface area (Å²) >= 11 is 0. The highest BCUT2D eigenvalue weighted by Crippen LogP contribution is 2.66. The fourth-order valence-electron chi connectivity index (χ4n) is 8.53. The first-order valence-electron chi connectivity index (χ1n) is 15.2. The van der Waals surface area contributed by atoms with Gasteiger partial charge in [0.15, 0.2) is 11.5 Å². The minimum Gasteiger partial charge on any atom is -0.493 e. The van der Waals surface area contributed by atoms with Crippen LogP contribution in [0.25, 0.3) is 6.08 Å². The van der Waals surface area contributed by atoms with Crippen LogP contribution in [-0.4, -0.2) is 71.3 Å². The molecular weight excluding hydrogens is 500 g/mol. The minimum absolute atomic E-state index is 0.00895. The third-order valence-corrected chi connectivity index (χ3v) is 10.4. The lowest BCUT2D eigenvalue weighted by Gasteiger charge is -2.65. The summed E-state index contributed by atoms with van der Waals surface area (Å²) in [5.74, 6) is 2.61. The Hall–Kier alpha value is -2.83. The van der Waals surface area contributed by atoms with Crippen LogP contribution < -0.4 is 9.47 Å². The molecule has 212 valence electrons. The van der Waals surface area contributed by atoms with Gasteiger partial charge in [-0.15, -0.1) is 0 Å². The number of piperidine rings is 1. The zero-order valence-electron chi connectivity index (χ0n) is 24.0. The molecule has 0 radical (unpaired) electrons. The smallest absolute Gasteiger partial charge is 0.246 e. The predicted octanol–water partition coefficient (Wildman–Crippen LogP) is 4.83. The van der Waals surface area contributed by atoms with Crippen molar-refractivity contribution in [2.75, 3.05) is 26.7 Å². The maximum Gasteiger partial charge on any atom is 0.246 e. The van der Waals surface area contributed by atoms with E-state index in [1.54, 1.807) is 13.2 Å². The Morgan fingerprint density at radius 2 is 1.98 bits per heavy atom. The molecule has 5 atom stereocenters. The van der Waals surface area contributed by atoms with Crippen LogP contribution >= 0.6 is 0 Å². The summed E-state index contributed by atoms with van der Waals surface area (Å²) in [5, 5.41) is 12.9. The van der Waals surface area contributed by atoms with Crippen LogP contribution in [0.2, 0.25) is 0 Å². The topological polar surface area (TPSA) is 62.2 Å². The predicted molar refractivity (Wildman–Crippen MR) is 155 cm³/mol. The molecule has 7 rings (SSSR count). The van der Waals surface area contributed by atoms with Crippen molar-refractivity contribution in [3.63, 3.8) is 0 Å². The van der Waals surface area contributed by atoms with E-state index in [0.717, 1.165) is 60.9 Å². The first-order chi connectivity index (χ1) is 19.4. The third-order valence-electron chi connectivity index (χ3n) is 10.4. The van der Waals surface area contributed by atoms with Crippen LogP contribution in [0.15, 0.2) is 48.5 Å². The number of ether oxygens (including phenoxy) is 2. The van der Waals surface area contributed by atoms with Gasteiger partial charge in [-0.1, -0.05) is 50.2 Å². The van der Waals surface area contributed by atoms with Crippen LogP contribution in [0.1, 0.15) is 62.6 Å². The largest absolute Gasteiger partial charge is 0.493 e. The van der Waals surface area contributed by atoms with Gasteiger partial charge in [-0.3, -0.25) is 9.69 Å². The fourth-order valence-corrected chi connectivity index (χ4v) is 8.53. The Bertz CT molecular complexity index is 1320. The molecule has 2 saturated carbocycles. The molecule has 1 N–H and O–H groups in total. The molecular formula is C34H42N2O4. The zero-order valence-corrected chi connectivity index (χ0v) is 24.0. The molecule has 2 bridgehead atoms. The Morgan fingerprint density at radius 1 is 1.18 bits per heavy atom. The molecule has 3 fully saturated rings. The van der Waals surface area contributed by atoms with E-state index in [-0.39, 0.29) is 24.1 Å². The van der Waals surface area contributed by atoms with Crippen molar-refractivity contribution in [3.8, 4) is 11.5 Å². The highest BCUT2D eigenvalue weighted by molar-refractivity contribution is 5.92. The summed E-state index contributed by atoms with van der Waals surface area (Å²) < 4.78 is 12.8. The van der Waals surface area contributed by atoms with E-state index in [2.05, 4.69) is 24.8 Å². The number of methoxy groups -OCH3 is 1. The van der Waals surface area contributed by atoms with Gasteiger partial charge in [0, 0.05) is 30.8 Å². The Morgan fingerprint density at radius 3 is 2.70 bits per heavy atom. The number of hydrogen-bond acceptors (Lipinski definition) is 5. The van der Waals surface area contributed by atoms with Crippen molar-refractivity contribution < 1.29 is 19.4 Å². The molecule has 6 heteroatoms. The van der Waals surface area contributed by atoms with Crippen molar-refractivity contribution >= 4 is 12.0 Å². The first-order valence-corrected chi connectivity index (χ1v) is 15.2. The van der Waals surface area contributed by atoms with E-state index in [1.807, 2.05) is 47.4 Å². The maximum absolute atomic E-state index is 13.9. The molecule has 3 aliphatic carbocycles. The van der Waals surface area contributed by atoms with Crippen LogP contribution in [0.5, 0.6) is 11.5 Å². The van der Waals surface area contributed by atoms with Gasteiger partial charge in [-0.05, 0) is 80.2 Å². The lowest BCUT2D eigenvalue weighted by Crippen LogP contribution is -2.78. The lowest BCUT2D eigenvalue weighted by atomic mass is 9.48. The van der Waals surface area contributed by atoms with Crippen molar-refractivity contribution in [2.45, 2.75) is 81.6 Å². The average molecular weight is 543 g/mol. The van der Waals surface area contributed by atoms with Gasteiger partial charge in [0.25, 0.3) is 0 Å². The average Bonchev–Trinajstić information content (AvgIpc) is 3.70. The molecule has 0 unspecified atom stereocenters. The Kier molecular flexibility index (Phi) is 6.28. The molecule has 1 amide bonds. The van der Waals surface area contributed by atoms with Crippen LogP contribution in [0, 0.1) is 11.8 Å². The quantitative estimate of drug-likeness (QED) is 0.485. The van der Waals surface area contributed by atoms with E-state index < -0.39 is 11.0 Å². The van der Waals surface area contributed by atoms with Gasteiger partial charge in [0.05, 0.1) is 24.2 Å². The van der Waals surface area contributed by atoms with E-state index in [9.17, 15) is 9.90 Å². The van der Waals surface area contributed by atoms with Crippen LogP contribution in [0.4, 0.5) is 0 Å². The van der Waals surface area contributed by atoms with Gasteiger partial charge < -0.3 is 19.5 Å². The van der Waals surface area contributed by atoms with Crippen molar-refractivity contribution in [2.24, 2.45) is 11.8 Å². The van der Waals surface area contributed by atoms with E-state index >= 15 is 0 Å². The molecule has 2 aromatic rings. The summed E-state index contributed by atoms with van der Waals surface area (Å²) in [4.78, 5) is 18.5. The molecule has 2 aromatic carbocycles. The van der Waals surface area contributed by atoms with Crippen LogP contribution in [-0.2, 0) is 16.6 Å². The summed E-state index contributed by atoms with van der Waals surface area (Å²) in [5.41, 5.74) is 2.01. The van der Waals surface area contributed by atoms with Gasteiger partial charge >= 0.3 is 0 Å². The molecule has 0 aromatic heterocycles. The molecule has 1 spiro atoms. The number of carbonyl (C=O) groups excluding carboxylic acids is 1. The van der Waals surface area contributed by atoms with E-state index in [4.69, 9.17) is 9.47 Å². The van der Waals surface area contributed by atoms with Crippen molar-refractivity contribution in [1.82, 2.24) is 9.80 Å². The normalized spacial score (nSPS) is 32.2. The maximum atomic E-state index is 13.9. The highest BCUT2D eigenvalue weighted by atomic mass is 16.5. The number of aliphatic hydroxyl groups is 1. The number of amides is 1. The number of carbonyl (C=O) groups is 1. The Balaban J connectivity index is 1.30. The number of benzene rings is 2. The van der Waals surface area contributed by atoms with Gasteiger partial charge in [-0.2, -0.15) is 0 Å². The zero-order chi connectivity index (χ0) is 27.6. The fraction of sp³-hybridized carbons (Fsp3) is 0.559. The molecule has 6 nitrogen and oxygen atoms in total. The second-order valence-electron chi connectivity index (χ2n) is 13.2. The van der Waals surface area contributed by atoms with Gasteiger partial charge in [0.2, 0.25) is 5.91 Å². The molecule has 5 aliphatic rings. The molecule has 2 heterocycles. The summed E-state index contributed by atoms with van der Waals surface area (Å²) in [7, 11) is 1.69. The number of likely N-dealkylation sites (tertiary alicyclic amines) is 1. The second kappa shape index (κ2) is 9.63. The number of nitrogens with zero attached hydrogens (tertiary/aromatic N) is 2. The van der Waals surface area contributed by atoms with E-state index in [0.29, 0.717) is 18.9 Å². The molecule has 1 saturated heterocycles. The minimum atomic E-state index is -0.891. The molecule has 2 aliphatic heterocycles. The summed E-state index contributed by atoms with van der Waals surface area (Å²) in [6.45, 7) is 7.01. The van der Waals surface area contributed by atoms with Crippen molar-refractivity contribution in [3.05, 3.63) is 65.2 Å². The van der Waals surface area contributed by atoms with Crippen LogP contribution in [0.3, 0.4) is 0 Å². The standard InChI is InChI=1S/C34H42N2O4/c1-22(2)20-36(29(37)14-11-23-7-5-4-6-8-23)26-15-16-34(38)28-19-25-12-13-27(39-3)31-30(25)33(34,32(26)40-31)17-18-35(28)21-24-9-10-24/h4-8,11-14,22,24,26,28,32,38H,9-10,15-21H2,1-3H3/t26-,28-,32+,33+,34-/m1/s1. The third kappa shape index (κ3) is 3.86. The summed E-state index contributed by atoms with van der Waals surface area (Å²) in [6.07, 6.45) is 9.00. The molecule has 40 heavy (non-hydrogen) atoms. The summed E-state index contributed by atoms with van der Waals surface area (Å²) in [6, 6.07) is 14.2. The Labute approximate surface area is 238 Å². The monoisotopic (exact) mass is 542 g/mol. The number of rotatable bonds is 8. The van der Waals surface area contributed by atoms with E-state index in [1.165, 1.54) is 18.4 Å². The number of hydrogen-bond donors (Lipinski definition) is 1. The van der Waals surface area contributed by atoms with Crippen molar-refractivity contribution in [1.29, 1.82) is 0 Å². The first kappa shape index (κ1) is 26.1.